The fourth-order valence-corrected chi connectivity index (χ4v) is 6.11. The zero-order valence-electron chi connectivity index (χ0n) is 20.9. The third-order valence-electron chi connectivity index (χ3n) is 7.06. The number of hydrogen-bond donors (Lipinski definition) is 0. The van der Waals surface area contributed by atoms with Crippen LogP contribution in [0.3, 0.4) is 0 Å². The molecule has 2 aliphatic rings. The molecular formula is C27H27F6N4OS. The van der Waals surface area contributed by atoms with Gasteiger partial charge in [0, 0.05) is 48.7 Å². The van der Waals surface area contributed by atoms with Crippen LogP contribution in [0.2, 0.25) is 0 Å². The van der Waals surface area contributed by atoms with Gasteiger partial charge in [0.15, 0.2) is 0 Å². The summed E-state index contributed by atoms with van der Waals surface area (Å²) in [6.45, 7) is 3.32. The van der Waals surface area contributed by atoms with Crippen molar-refractivity contribution in [3.8, 4) is 5.75 Å². The number of piperidine rings is 1. The molecule has 1 radical (unpaired) electrons. The van der Waals surface area contributed by atoms with Crippen molar-refractivity contribution >= 4 is 17.0 Å². The maximum Gasteiger partial charge on any atom is 0.573 e. The number of anilines is 1. The smallest absolute Gasteiger partial charge is 0.405 e. The topological polar surface area (TPSA) is 42.7 Å². The Labute approximate surface area is 226 Å². The summed E-state index contributed by atoms with van der Waals surface area (Å²) in [5.74, 6) is 0.0666. The molecule has 12 heteroatoms. The Morgan fingerprint density at radius 2 is 1.72 bits per heavy atom. The lowest BCUT2D eigenvalue weighted by Crippen LogP contribution is -2.42. The number of benzene rings is 2. The Morgan fingerprint density at radius 1 is 0.949 bits per heavy atom. The largest absolute Gasteiger partial charge is 0.573 e. The van der Waals surface area contributed by atoms with Crippen LogP contribution in [0.15, 0.2) is 53.9 Å². The van der Waals surface area contributed by atoms with Crippen molar-refractivity contribution in [3.63, 3.8) is 0 Å². The molecule has 5 nitrogen and oxygen atoms in total. The number of para-hydroxylation sites is 1. The monoisotopic (exact) mass is 569 g/mol. The van der Waals surface area contributed by atoms with Gasteiger partial charge in [0.25, 0.3) is 0 Å². The summed E-state index contributed by atoms with van der Waals surface area (Å²) in [4.78, 5) is 8.90. The Bertz CT molecular complexity index is 1260. The van der Waals surface area contributed by atoms with Gasteiger partial charge in [-0.15, -0.1) is 24.5 Å². The lowest BCUT2D eigenvalue weighted by molar-refractivity contribution is -0.275. The molecule has 0 amide bonds. The third-order valence-corrected chi connectivity index (χ3v) is 8.09. The van der Waals surface area contributed by atoms with Crippen LogP contribution in [0.4, 0.5) is 32.0 Å². The molecular weight excluding hydrogens is 542 g/mol. The van der Waals surface area contributed by atoms with Gasteiger partial charge in [-0.3, -0.25) is 4.90 Å². The minimum absolute atomic E-state index is 0.174. The summed E-state index contributed by atoms with van der Waals surface area (Å²) in [5.41, 5.74) is 1.17. The number of piperazine rings is 1. The van der Waals surface area contributed by atoms with Crippen LogP contribution in [0.5, 0.6) is 5.75 Å². The fourth-order valence-electron chi connectivity index (χ4n) is 5.07. The van der Waals surface area contributed by atoms with Gasteiger partial charge in [0.2, 0.25) is 0 Å². The number of hydrogen-bond acceptors (Lipinski definition) is 5. The molecule has 39 heavy (non-hydrogen) atoms. The van der Waals surface area contributed by atoms with Crippen LogP contribution in [0, 0.1) is 0 Å². The average Bonchev–Trinajstić information content (AvgIpc) is 3.40. The second-order valence-corrected chi connectivity index (χ2v) is 10.6. The van der Waals surface area contributed by atoms with Gasteiger partial charge >= 0.3 is 12.5 Å². The molecule has 0 bridgehead atoms. The van der Waals surface area contributed by atoms with Crippen LogP contribution in [-0.2, 0) is 12.7 Å². The van der Waals surface area contributed by atoms with Gasteiger partial charge in [0.1, 0.15) is 5.75 Å². The molecule has 1 atom stereocenters. The van der Waals surface area contributed by atoms with Crippen molar-refractivity contribution in [3.05, 3.63) is 75.7 Å². The van der Waals surface area contributed by atoms with E-state index in [1.165, 1.54) is 24.3 Å². The maximum absolute atomic E-state index is 13.2. The highest BCUT2D eigenvalue weighted by atomic mass is 32.1. The van der Waals surface area contributed by atoms with Crippen molar-refractivity contribution in [1.82, 2.24) is 15.2 Å². The predicted molar refractivity (Wildman–Crippen MR) is 136 cm³/mol. The summed E-state index contributed by atoms with van der Waals surface area (Å²) in [7, 11) is 0. The van der Waals surface area contributed by atoms with E-state index in [2.05, 4.69) is 15.0 Å². The molecule has 5 rings (SSSR count). The van der Waals surface area contributed by atoms with E-state index in [4.69, 9.17) is 4.98 Å². The normalized spacial score (nSPS) is 19.8. The number of likely N-dealkylation sites (tertiary alicyclic amines) is 1. The van der Waals surface area contributed by atoms with Crippen LogP contribution >= 0.6 is 11.3 Å². The van der Waals surface area contributed by atoms with Crippen molar-refractivity contribution in [2.75, 3.05) is 37.6 Å². The Hall–Kier alpha value is -2.83. The second kappa shape index (κ2) is 11.3. The maximum atomic E-state index is 13.2. The summed E-state index contributed by atoms with van der Waals surface area (Å²) in [6, 6.07) is 11.3. The van der Waals surface area contributed by atoms with E-state index in [1.54, 1.807) is 29.5 Å². The molecule has 1 unspecified atom stereocenters. The summed E-state index contributed by atoms with van der Waals surface area (Å²) in [6.07, 6.45) is -7.48. The molecule has 2 aliphatic heterocycles. The highest BCUT2D eigenvalue weighted by molar-refractivity contribution is 7.09. The highest BCUT2D eigenvalue weighted by Gasteiger charge is 2.33. The first-order valence-corrected chi connectivity index (χ1v) is 13.5. The number of ether oxygens (including phenoxy) is 1. The minimum atomic E-state index is -4.74. The fraction of sp³-hybridized carbons (Fsp3) is 0.444. The molecule has 0 N–H and O–H groups in total. The van der Waals surface area contributed by atoms with Crippen LogP contribution in [0.25, 0.3) is 0 Å². The molecule has 2 aromatic carbocycles. The number of alkyl halides is 6. The van der Waals surface area contributed by atoms with E-state index in [-0.39, 0.29) is 17.7 Å². The summed E-state index contributed by atoms with van der Waals surface area (Å²) in [5, 5.41) is 7.66. The molecule has 1 aromatic heterocycles. The highest BCUT2D eigenvalue weighted by Crippen LogP contribution is 2.35. The number of aromatic nitrogens is 1. The molecule has 3 aromatic rings. The molecule has 2 saturated heterocycles. The van der Waals surface area contributed by atoms with Gasteiger partial charge in [-0.1, -0.05) is 24.3 Å². The molecule has 0 spiro atoms. The van der Waals surface area contributed by atoms with E-state index in [1.807, 2.05) is 10.3 Å². The van der Waals surface area contributed by atoms with E-state index in [0.29, 0.717) is 37.4 Å². The summed E-state index contributed by atoms with van der Waals surface area (Å²) < 4.78 is 81.9. The number of nitrogens with zero attached hydrogens (tertiary/aromatic N) is 4. The molecule has 2 fully saturated rings. The lowest BCUT2D eigenvalue weighted by atomic mass is 9.97. The van der Waals surface area contributed by atoms with E-state index >= 15 is 0 Å². The Morgan fingerprint density at radius 3 is 2.46 bits per heavy atom. The van der Waals surface area contributed by atoms with E-state index in [9.17, 15) is 26.3 Å². The van der Waals surface area contributed by atoms with Crippen molar-refractivity contribution in [1.29, 1.82) is 0 Å². The molecule has 0 aliphatic carbocycles. The zero-order chi connectivity index (χ0) is 27.6. The first-order valence-electron chi connectivity index (χ1n) is 12.7. The first-order chi connectivity index (χ1) is 18.5. The first kappa shape index (κ1) is 27.7. The Kier molecular flexibility index (Phi) is 8.06. The number of rotatable bonds is 6. The molecule has 3 heterocycles. The van der Waals surface area contributed by atoms with Crippen LogP contribution in [-0.4, -0.2) is 49.0 Å². The number of thiazole rings is 1. The SMILES string of the molecule is FC(F)(F)Oc1ccccc1CN1CCC(c2nc(C3CN(c4cccc(C(F)(F)F)c4)CC[N]3)cs2)CC1. The average molecular weight is 570 g/mol. The predicted octanol–water partition coefficient (Wildman–Crippen LogP) is 6.61. The van der Waals surface area contributed by atoms with Crippen LogP contribution in [0.1, 0.15) is 46.6 Å². The second-order valence-electron chi connectivity index (χ2n) is 9.73. The Balaban J connectivity index is 1.18. The van der Waals surface area contributed by atoms with Gasteiger partial charge in [0.05, 0.1) is 22.3 Å². The zero-order valence-corrected chi connectivity index (χ0v) is 21.7. The summed E-state index contributed by atoms with van der Waals surface area (Å²) >= 11 is 1.56. The quantitative estimate of drug-likeness (QED) is 0.314. The van der Waals surface area contributed by atoms with Gasteiger partial charge < -0.3 is 9.64 Å². The standard InChI is InChI=1S/C27H27F6N4OS/c28-26(29,30)20-5-3-6-21(14-20)37-13-10-34-22(16-37)23-17-39-25(35-23)18-8-11-36(12-9-18)15-19-4-1-2-7-24(19)38-27(31,32)33/h1-7,14,17-18,22H,8-13,15-16H2. The van der Waals surface area contributed by atoms with Crippen molar-refractivity contribution < 1.29 is 31.1 Å². The van der Waals surface area contributed by atoms with Gasteiger partial charge in [-0.25, -0.2) is 10.3 Å². The van der Waals surface area contributed by atoms with Crippen molar-refractivity contribution in [2.24, 2.45) is 0 Å². The van der Waals surface area contributed by atoms with Gasteiger partial charge in [-0.05, 0) is 50.2 Å². The van der Waals surface area contributed by atoms with Crippen molar-refractivity contribution in [2.45, 2.75) is 43.9 Å². The molecule has 209 valence electrons. The minimum Gasteiger partial charge on any atom is -0.405 e. The van der Waals surface area contributed by atoms with E-state index < -0.39 is 18.1 Å². The number of halogens is 6. The lowest BCUT2D eigenvalue weighted by Gasteiger charge is -2.34. The van der Waals surface area contributed by atoms with Crippen LogP contribution < -0.4 is 15.0 Å². The third kappa shape index (κ3) is 7.03. The molecule has 0 saturated carbocycles. The van der Waals surface area contributed by atoms with E-state index in [0.717, 1.165) is 42.7 Å². The van der Waals surface area contributed by atoms with Gasteiger partial charge in [-0.2, -0.15) is 13.2 Å².